The lowest BCUT2D eigenvalue weighted by Gasteiger charge is -2.20. The van der Waals surface area contributed by atoms with E-state index in [4.69, 9.17) is 0 Å². The first kappa shape index (κ1) is 15.7. The SMILES string of the molecule is CCc1nc(C)c(CC(=O)N2CCC[C@@H](O)CC2)c(=O)[nH]1. The van der Waals surface area contributed by atoms with Crippen LogP contribution in [0.1, 0.15) is 43.3 Å². The highest BCUT2D eigenvalue weighted by Crippen LogP contribution is 2.12. The number of carbonyl (C=O) groups is 1. The van der Waals surface area contributed by atoms with E-state index in [9.17, 15) is 14.7 Å². The Morgan fingerprint density at radius 2 is 2.19 bits per heavy atom. The molecule has 2 rings (SSSR count). The second kappa shape index (κ2) is 6.85. The van der Waals surface area contributed by atoms with Gasteiger partial charge in [0.2, 0.25) is 5.91 Å². The van der Waals surface area contributed by atoms with Crippen molar-refractivity contribution in [3.8, 4) is 0 Å². The maximum absolute atomic E-state index is 12.3. The lowest BCUT2D eigenvalue weighted by Crippen LogP contribution is -2.35. The van der Waals surface area contributed by atoms with Crippen molar-refractivity contribution < 1.29 is 9.90 Å². The number of nitrogens with one attached hydrogen (secondary N) is 1. The van der Waals surface area contributed by atoms with Gasteiger partial charge >= 0.3 is 0 Å². The Kier molecular flexibility index (Phi) is 5.12. The number of aromatic amines is 1. The molecular weight excluding hydrogens is 270 g/mol. The number of aliphatic hydroxyl groups is 1. The van der Waals surface area contributed by atoms with Crippen molar-refractivity contribution in [2.75, 3.05) is 13.1 Å². The molecule has 0 unspecified atom stereocenters. The first-order valence-corrected chi connectivity index (χ1v) is 7.55. The lowest BCUT2D eigenvalue weighted by molar-refractivity contribution is -0.130. The summed E-state index contributed by atoms with van der Waals surface area (Å²) in [6.45, 7) is 4.89. The summed E-state index contributed by atoms with van der Waals surface area (Å²) < 4.78 is 0. The van der Waals surface area contributed by atoms with E-state index < -0.39 is 0 Å². The fourth-order valence-electron chi connectivity index (χ4n) is 2.64. The molecule has 6 heteroatoms. The third-order valence-corrected chi connectivity index (χ3v) is 3.98. The van der Waals surface area contributed by atoms with E-state index in [2.05, 4.69) is 9.97 Å². The van der Waals surface area contributed by atoms with Crippen molar-refractivity contribution in [3.63, 3.8) is 0 Å². The average molecular weight is 293 g/mol. The van der Waals surface area contributed by atoms with Gasteiger partial charge in [-0.15, -0.1) is 0 Å². The molecule has 0 aromatic carbocycles. The predicted molar refractivity (Wildman–Crippen MR) is 79.1 cm³/mol. The van der Waals surface area contributed by atoms with Crippen LogP contribution >= 0.6 is 0 Å². The molecule has 1 fully saturated rings. The molecule has 21 heavy (non-hydrogen) atoms. The number of carbonyl (C=O) groups excluding carboxylic acids is 1. The number of hydrogen-bond donors (Lipinski definition) is 2. The van der Waals surface area contributed by atoms with E-state index in [1.165, 1.54) is 0 Å². The molecule has 0 radical (unpaired) electrons. The number of H-pyrrole nitrogens is 1. The summed E-state index contributed by atoms with van der Waals surface area (Å²) in [4.78, 5) is 33.2. The van der Waals surface area contributed by atoms with Crippen LogP contribution in [-0.2, 0) is 17.6 Å². The first-order valence-electron chi connectivity index (χ1n) is 7.55. The molecular formula is C15H23N3O3. The first-order chi connectivity index (χ1) is 10.0. The maximum Gasteiger partial charge on any atom is 0.254 e. The van der Waals surface area contributed by atoms with Crippen molar-refractivity contribution >= 4 is 5.91 Å². The van der Waals surface area contributed by atoms with Gasteiger partial charge in [0.25, 0.3) is 5.56 Å². The van der Waals surface area contributed by atoms with Gasteiger partial charge in [-0.25, -0.2) is 4.98 Å². The standard InChI is InChI=1S/C15H23N3O3/c1-3-13-16-10(2)12(15(21)17-13)9-14(20)18-7-4-5-11(19)6-8-18/h11,19H,3-9H2,1-2H3,(H,16,17,21)/t11-/m1/s1. The molecule has 6 nitrogen and oxygen atoms in total. The minimum absolute atomic E-state index is 0.0660. The quantitative estimate of drug-likeness (QED) is 0.852. The zero-order chi connectivity index (χ0) is 15.4. The van der Waals surface area contributed by atoms with E-state index in [0.29, 0.717) is 43.0 Å². The highest BCUT2D eigenvalue weighted by molar-refractivity contribution is 5.78. The maximum atomic E-state index is 12.3. The molecule has 0 aliphatic carbocycles. The summed E-state index contributed by atoms with van der Waals surface area (Å²) in [6.07, 6.45) is 2.56. The monoisotopic (exact) mass is 293 g/mol. The van der Waals surface area contributed by atoms with Crippen LogP contribution in [0, 0.1) is 6.92 Å². The van der Waals surface area contributed by atoms with Gasteiger partial charge in [-0.05, 0) is 26.2 Å². The molecule has 0 bridgehead atoms. The molecule has 116 valence electrons. The van der Waals surface area contributed by atoms with Gasteiger partial charge < -0.3 is 15.0 Å². The molecule has 2 N–H and O–H groups in total. The zero-order valence-electron chi connectivity index (χ0n) is 12.7. The van der Waals surface area contributed by atoms with Crippen molar-refractivity contribution in [1.29, 1.82) is 0 Å². The van der Waals surface area contributed by atoms with Gasteiger partial charge in [0.15, 0.2) is 0 Å². The van der Waals surface area contributed by atoms with Gasteiger partial charge in [-0.3, -0.25) is 9.59 Å². The molecule has 1 aliphatic rings. The second-order valence-corrected chi connectivity index (χ2v) is 5.57. The van der Waals surface area contributed by atoms with Crippen LogP contribution in [-0.4, -0.2) is 45.1 Å². The van der Waals surface area contributed by atoms with Crippen molar-refractivity contribution in [2.24, 2.45) is 0 Å². The van der Waals surface area contributed by atoms with Crippen LogP contribution in [0.4, 0.5) is 0 Å². The smallest absolute Gasteiger partial charge is 0.254 e. The number of amides is 1. The average Bonchev–Trinajstić information content (AvgIpc) is 2.67. The molecule has 0 spiro atoms. The summed E-state index contributed by atoms with van der Waals surface area (Å²) in [5.74, 6) is 0.579. The number of hydrogen-bond acceptors (Lipinski definition) is 4. The minimum Gasteiger partial charge on any atom is -0.393 e. The van der Waals surface area contributed by atoms with Crippen molar-refractivity contribution in [2.45, 2.75) is 52.1 Å². The van der Waals surface area contributed by atoms with E-state index in [-0.39, 0.29) is 24.0 Å². The van der Waals surface area contributed by atoms with Crippen LogP contribution in [0.25, 0.3) is 0 Å². The van der Waals surface area contributed by atoms with E-state index in [0.717, 1.165) is 12.8 Å². The second-order valence-electron chi connectivity index (χ2n) is 5.57. The number of aryl methyl sites for hydroxylation is 2. The zero-order valence-corrected chi connectivity index (χ0v) is 12.7. The van der Waals surface area contributed by atoms with E-state index >= 15 is 0 Å². The Labute approximate surface area is 124 Å². The van der Waals surface area contributed by atoms with Crippen molar-refractivity contribution in [3.05, 3.63) is 27.4 Å². The third kappa shape index (κ3) is 3.91. The normalized spacial score (nSPS) is 19.4. The lowest BCUT2D eigenvalue weighted by atomic mass is 10.1. The van der Waals surface area contributed by atoms with Crippen LogP contribution < -0.4 is 5.56 Å². The van der Waals surface area contributed by atoms with E-state index in [1.807, 2.05) is 6.92 Å². The number of nitrogens with zero attached hydrogens (tertiary/aromatic N) is 2. The summed E-state index contributed by atoms with van der Waals surface area (Å²) in [6, 6.07) is 0. The number of aromatic nitrogens is 2. The summed E-state index contributed by atoms with van der Waals surface area (Å²) in [5.41, 5.74) is 0.850. The fourth-order valence-corrected chi connectivity index (χ4v) is 2.64. The molecule has 1 aromatic rings. The van der Waals surface area contributed by atoms with E-state index in [1.54, 1.807) is 11.8 Å². The fraction of sp³-hybridized carbons (Fsp3) is 0.667. The number of aliphatic hydroxyl groups excluding tert-OH is 1. The van der Waals surface area contributed by atoms with Crippen molar-refractivity contribution in [1.82, 2.24) is 14.9 Å². The molecule has 1 atom stereocenters. The Hall–Kier alpha value is -1.69. The summed E-state index contributed by atoms with van der Waals surface area (Å²) >= 11 is 0. The van der Waals surface area contributed by atoms with Crippen LogP contribution in [0.15, 0.2) is 4.79 Å². The summed E-state index contributed by atoms with van der Waals surface area (Å²) in [5, 5.41) is 9.62. The Balaban J connectivity index is 2.11. The Bertz CT molecular complexity index is 568. The number of rotatable bonds is 3. The third-order valence-electron chi connectivity index (χ3n) is 3.98. The highest BCUT2D eigenvalue weighted by atomic mass is 16.3. The topological polar surface area (TPSA) is 86.3 Å². The molecule has 1 aliphatic heterocycles. The van der Waals surface area contributed by atoms with Gasteiger partial charge in [-0.2, -0.15) is 0 Å². The molecule has 1 saturated heterocycles. The molecule has 1 aromatic heterocycles. The van der Waals surface area contributed by atoms with Crippen LogP contribution in [0.3, 0.4) is 0 Å². The predicted octanol–water partition coefficient (Wildman–Crippen LogP) is 0.557. The molecule has 0 saturated carbocycles. The Morgan fingerprint density at radius 3 is 2.86 bits per heavy atom. The largest absolute Gasteiger partial charge is 0.393 e. The molecule has 2 heterocycles. The van der Waals surface area contributed by atoms with Gasteiger partial charge in [-0.1, -0.05) is 6.92 Å². The summed E-state index contributed by atoms with van der Waals surface area (Å²) in [7, 11) is 0. The van der Waals surface area contributed by atoms with Crippen LogP contribution in [0.5, 0.6) is 0 Å². The van der Waals surface area contributed by atoms with Crippen LogP contribution in [0.2, 0.25) is 0 Å². The van der Waals surface area contributed by atoms with Gasteiger partial charge in [0.05, 0.1) is 12.5 Å². The van der Waals surface area contributed by atoms with Gasteiger partial charge in [0, 0.05) is 30.8 Å². The minimum atomic E-state index is -0.321. The highest BCUT2D eigenvalue weighted by Gasteiger charge is 2.21. The van der Waals surface area contributed by atoms with Gasteiger partial charge in [0.1, 0.15) is 5.82 Å². The molecule has 1 amide bonds. The number of likely N-dealkylation sites (tertiary alicyclic amines) is 1. The Morgan fingerprint density at radius 1 is 1.43 bits per heavy atom.